The van der Waals surface area contributed by atoms with Crippen molar-refractivity contribution in [1.82, 2.24) is 0 Å². The third-order valence-corrected chi connectivity index (χ3v) is 3.02. The average molecular weight is 140 g/mol. The smallest absolute Gasteiger partial charge is 0.0568 e. The predicted octanol–water partition coefficient (Wildman–Crippen LogP) is 1.95. The van der Waals surface area contributed by atoms with Gasteiger partial charge in [-0.1, -0.05) is 19.3 Å². The molecule has 58 valence electrons. The first-order valence-corrected chi connectivity index (χ1v) is 4.54. The summed E-state index contributed by atoms with van der Waals surface area (Å²) in [4.78, 5) is 0. The summed E-state index contributed by atoms with van der Waals surface area (Å²) in [6, 6.07) is 0. The maximum Gasteiger partial charge on any atom is 0.0568 e. The molecule has 2 atom stereocenters. The summed E-state index contributed by atoms with van der Waals surface area (Å²) in [7, 11) is 0. The Labute approximate surface area is 62.4 Å². The fourth-order valence-corrected chi connectivity index (χ4v) is 1.74. The minimum atomic E-state index is 0.0683. The maximum absolute atomic E-state index is 9.24. The lowest BCUT2D eigenvalue weighted by Crippen LogP contribution is -2.30. The van der Waals surface area contributed by atoms with Gasteiger partial charge in [0.15, 0.2) is 0 Å². The van der Waals surface area contributed by atoms with Crippen LogP contribution in [0.1, 0.15) is 38.5 Å². The number of aliphatic hydroxyl groups is 1. The van der Waals surface area contributed by atoms with Crippen LogP contribution in [0.3, 0.4) is 0 Å². The molecular weight excluding hydrogens is 124 g/mol. The van der Waals surface area contributed by atoms with Gasteiger partial charge in [0.05, 0.1) is 6.10 Å². The monoisotopic (exact) mass is 140 g/mol. The van der Waals surface area contributed by atoms with E-state index in [1.807, 2.05) is 0 Å². The molecule has 1 nitrogen and oxygen atoms in total. The van der Waals surface area contributed by atoms with Crippen molar-refractivity contribution in [1.29, 1.82) is 0 Å². The fraction of sp³-hybridized carbons (Fsp3) is 1.00. The quantitative estimate of drug-likeness (QED) is 0.635. The first-order valence-electron chi connectivity index (χ1n) is 4.54. The highest BCUT2D eigenvalue weighted by Gasteiger charge is 2.30. The van der Waals surface area contributed by atoms with Gasteiger partial charge in [-0.2, -0.15) is 0 Å². The second-order valence-electron chi connectivity index (χ2n) is 3.93. The normalized spacial score (nSPS) is 39.3. The van der Waals surface area contributed by atoms with E-state index in [1.165, 1.54) is 32.1 Å². The maximum atomic E-state index is 9.24. The Bertz CT molecular complexity index is 118. The highest BCUT2D eigenvalue weighted by Crippen LogP contribution is 2.39. The van der Waals surface area contributed by atoms with Gasteiger partial charge in [0.25, 0.3) is 0 Å². The van der Waals surface area contributed by atoms with Crippen molar-refractivity contribution < 1.29 is 5.11 Å². The van der Waals surface area contributed by atoms with Crippen molar-refractivity contribution in [2.75, 3.05) is 0 Å². The third-order valence-electron chi connectivity index (χ3n) is 3.02. The lowest BCUT2D eigenvalue weighted by molar-refractivity contribution is 0.0177. The molecule has 2 aliphatic carbocycles. The molecule has 2 rings (SSSR count). The molecule has 0 aromatic rings. The zero-order chi connectivity index (χ0) is 6.97. The molecule has 2 fully saturated rings. The van der Waals surface area contributed by atoms with Gasteiger partial charge in [-0.25, -0.2) is 0 Å². The Balaban J connectivity index is 1.60. The van der Waals surface area contributed by atoms with Gasteiger partial charge in [-0.15, -0.1) is 0 Å². The van der Waals surface area contributed by atoms with Crippen LogP contribution in [0, 0.1) is 11.8 Å². The summed E-state index contributed by atoms with van der Waals surface area (Å²) >= 11 is 0. The van der Waals surface area contributed by atoms with Gasteiger partial charge in [-0.05, 0) is 31.1 Å². The van der Waals surface area contributed by atoms with Crippen LogP contribution in [-0.4, -0.2) is 11.2 Å². The van der Waals surface area contributed by atoms with E-state index in [4.69, 9.17) is 0 Å². The lowest BCUT2D eigenvalue weighted by atomic mass is 9.78. The molecule has 0 aromatic carbocycles. The van der Waals surface area contributed by atoms with Crippen LogP contribution in [0.25, 0.3) is 0 Å². The molecule has 0 bridgehead atoms. The zero-order valence-corrected chi connectivity index (χ0v) is 6.42. The Morgan fingerprint density at radius 1 is 1.00 bits per heavy atom. The molecule has 1 heteroatoms. The standard InChI is InChI=1S/C9H16O/c10-9-6-5-8(9)4-3-7-1-2-7/h7-10H,1-6H2. The van der Waals surface area contributed by atoms with Crippen LogP contribution in [0.2, 0.25) is 0 Å². The minimum Gasteiger partial charge on any atom is -0.393 e. The summed E-state index contributed by atoms with van der Waals surface area (Å²) in [5, 5.41) is 9.24. The highest BCUT2D eigenvalue weighted by molar-refractivity contribution is 4.82. The molecule has 0 aromatic heterocycles. The molecule has 2 aliphatic rings. The van der Waals surface area contributed by atoms with Crippen molar-refractivity contribution in [2.45, 2.75) is 44.6 Å². The minimum absolute atomic E-state index is 0.0683. The Kier molecular flexibility index (Phi) is 1.69. The second-order valence-corrected chi connectivity index (χ2v) is 3.93. The van der Waals surface area contributed by atoms with Crippen LogP contribution in [-0.2, 0) is 0 Å². The first kappa shape index (κ1) is 6.66. The van der Waals surface area contributed by atoms with Crippen molar-refractivity contribution in [2.24, 2.45) is 11.8 Å². The molecule has 0 radical (unpaired) electrons. The second kappa shape index (κ2) is 2.54. The number of hydrogen-bond acceptors (Lipinski definition) is 1. The SMILES string of the molecule is OC1CCC1CCC1CC1. The number of rotatable bonds is 3. The van der Waals surface area contributed by atoms with Crippen LogP contribution in [0.4, 0.5) is 0 Å². The van der Waals surface area contributed by atoms with Crippen LogP contribution < -0.4 is 0 Å². The summed E-state index contributed by atoms with van der Waals surface area (Å²) in [5.74, 6) is 1.73. The van der Waals surface area contributed by atoms with Gasteiger partial charge in [0.1, 0.15) is 0 Å². The van der Waals surface area contributed by atoms with Crippen LogP contribution >= 0.6 is 0 Å². The molecule has 10 heavy (non-hydrogen) atoms. The zero-order valence-electron chi connectivity index (χ0n) is 6.42. The van der Waals surface area contributed by atoms with E-state index in [2.05, 4.69) is 0 Å². The predicted molar refractivity (Wildman–Crippen MR) is 40.7 cm³/mol. The molecule has 0 spiro atoms. The van der Waals surface area contributed by atoms with Gasteiger partial charge in [-0.3, -0.25) is 0 Å². The molecule has 1 N–H and O–H groups in total. The first-order chi connectivity index (χ1) is 4.86. The van der Waals surface area contributed by atoms with Crippen molar-refractivity contribution in [3.8, 4) is 0 Å². The van der Waals surface area contributed by atoms with Crippen molar-refractivity contribution in [3.05, 3.63) is 0 Å². The lowest BCUT2D eigenvalue weighted by Gasteiger charge is -2.32. The average Bonchev–Trinajstić information content (AvgIpc) is 2.69. The summed E-state index contributed by atoms with van der Waals surface area (Å²) < 4.78 is 0. The van der Waals surface area contributed by atoms with Crippen molar-refractivity contribution in [3.63, 3.8) is 0 Å². The van der Waals surface area contributed by atoms with Crippen LogP contribution in [0.5, 0.6) is 0 Å². The Morgan fingerprint density at radius 2 is 1.80 bits per heavy atom. The molecular formula is C9H16O. The molecule has 0 heterocycles. The summed E-state index contributed by atoms with van der Waals surface area (Å²) in [6.07, 6.45) is 8.03. The topological polar surface area (TPSA) is 20.2 Å². The van der Waals surface area contributed by atoms with E-state index in [9.17, 15) is 5.11 Å². The molecule has 2 saturated carbocycles. The summed E-state index contributed by atoms with van der Waals surface area (Å²) in [6.45, 7) is 0. The molecule has 0 aliphatic heterocycles. The summed E-state index contributed by atoms with van der Waals surface area (Å²) in [5.41, 5.74) is 0. The highest BCUT2D eigenvalue weighted by atomic mass is 16.3. The van der Waals surface area contributed by atoms with E-state index in [-0.39, 0.29) is 6.10 Å². The van der Waals surface area contributed by atoms with Crippen molar-refractivity contribution >= 4 is 0 Å². The van der Waals surface area contributed by atoms with Gasteiger partial charge in [0.2, 0.25) is 0 Å². The van der Waals surface area contributed by atoms with E-state index in [0.29, 0.717) is 5.92 Å². The van der Waals surface area contributed by atoms with E-state index in [1.54, 1.807) is 0 Å². The Hall–Kier alpha value is -0.0400. The van der Waals surface area contributed by atoms with E-state index >= 15 is 0 Å². The molecule has 0 amide bonds. The van der Waals surface area contributed by atoms with E-state index < -0.39 is 0 Å². The van der Waals surface area contributed by atoms with E-state index in [0.717, 1.165) is 12.3 Å². The Morgan fingerprint density at radius 3 is 2.20 bits per heavy atom. The molecule has 0 saturated heterocycles. The largest absolute Gasteiger partial charge is 0.393 e. The molecule has 2 unspecified atom stereocenters. The fourth-order valence-electron chi connectivity index (χ4n) is 1.74. The van der Waals surface area contributed by atoms with Gasteiger partial charge in [0, 0.05) is 0 Å². The number of hydrogen-bond donors (Lipinski definition) is 1. The van der Waals surface area contributed by atoms with Crippen LogP contribution in [0.15, 0.2) is 0 Å². The van der Waals surface area contributed by atoms with Gasteiger partial charge < -0.3 is 5.11 Å². The third kappa shape index (κ3) is 1.34. The number of aliphatic hydroxyl groups excluding tert-OH is 1. The van der Waals surface area contributed by atoms with Gasteiger partial charge >= 0.3 is 0 Å².